The number of hydrogen-bond acceptors (Lipinski definition) is 3. The molecule has 3 nitrogen and oxygen atoms in total. The van der Waals surface area contributed by atoms with Crippen LogP contribution < -0.4 is 10.5 Å². The molecule has 0 fully saturated rings. The van der Waals surface area contributed by atoms with Crippen LogP contribution in [-0.4, -0.2) is 11.6 Å². The lowest BCUT2D eigenvalue weighted by atomic mass is 10.0. The standard InChI is InChI=1S/C14H14Cl2N2O/c1-2-19-11-5-9(7-18-8-11)14(17)12-4-3-10(15)6-13(12)16/h3-8,14H,2,17H2,1H3. The Hall–Kier alpha value is -1.29. The van der Waals surface area contributed by atoms with Crippen LogP contribution in [0.15, 0.2) is 36.7 Å². The third kappa shape index (κ3) is 3.38. The average Bonchev–Trinajstić information content (AvgIpc) is 2.39. The Kier molecular flexibility index (Phi) is 4.64. The zero-order chi connectivity index (χ0) is 13.8. The molecule has 0 saturated carbocycles. The maximum absolute atomic E-state index is 6.21. The first-order valence-electron chi connectivity index (χ1n) is 5.90. The van der Waals surface area contributed by atoms with Gasteiger partial charge in [-0.2, -0.15) is 0 Å². The van der Waals surface area contributed by atoms with Gasteiger partial charge in [-0.25, -0.2) is 0 Å². The van der Waals surface area contributed by atoms with Crippen LogP contribution in [0.3, 0.4) is 0 Å². The average molecular weight is 297 g/mol. The molecule has 1 atom stereocenters. The van der Waals surface area contributed by atoms with Crippen molar-refractivity contribution >= 4 is 23.2 Å². The summed E-state index contributed by atoms with van der Waals surface area (Å²) in [7, 11) is 0. The second-order valence-electron chi connectivity index (χ2n) is 4.03. The number of rotatable bonds is 4. The molecule has 2 rings (SSSR count). The predicted octanol–water partition coefficient (Wildman–Crippen LogP) is 3.84. The Labute approximate surface area is 122 Å². The van der Waals surface area contributed by atoms with Gasteiger partial charge in [-0.05, 0) is 36.2 Å². The SMILES string of the molecule is CCOc1cncc(C(N)c2ccc(Cl)cc2Cl)c1. The first-order valence-corrected chi connectivity index (χ1v) is 6.65. The molecule has 0 bridgehead atoms. The quantitative estimate of drug-likeness (QED) is 0.933. The number of pyridine rings is 1. The van der Waals surface area contributed by atoms with Gasteiger partial charge in [-0.1, -0.05) is 29.3 Å². The highest BCUT2D eigenvalue weighted by atomic mass is 35.5. The van der Waals surface area contributed by atoms with E-state index in [0.29, 0.717) is 22.4 Å². The highest BCUT2D eigenvalue weighted by molar-refractivity contribution is 6.35. The highest BCUT2D eigenvalue weighted by Crippen LogP contribution is 2.29. The zero-order valence-corrected chi connectivity index (χ0v) is 11.9. The molecule has 0 saturated heterocycles. The van der Waals surface area contributed by atoms with Crippen LogP contribution in [0.4, 0.5) is 0 Å². The van der Waals surface area contributed by atoms with Gasteiger partial charge in [0.1, 0.15) is 5.75 Å². The van der Waals surface area contributed by atoms with Gasteiger partial charge in [-0.3, -0.25) is 4.98 Å². The number of nitrogens with two attached hydrogens (primary N) is 1. The fourth-order valence-electron chi connectivity index (χ4n) is 1.78. The Bertz CT molecular complexity index is 575. The van der Waals surface area contributed by atoms with Crippen molar-refractivity contribution in [2.45, 2.75) is 13.0 Å². The molecule has 0 amide bonds. The molecular weight excluding hydrogens is 283 g/mol. The molecule has 0 spiro atoms. The van der Waals surface area contributed by atoms with Crippen molar-refractivity contribution in [2.75, 3.05) is 6.61 Å². The van der Waals surface area contributed by atoms with Crippen LogP contribution in [0.25, 0.3) is 0 Å². The van der Waals surface area contributed by atoms with Crippen molar-refractivity contribution in [3.8, 4) is 5.75 Å². The topological polar surface area (TPSA) is 48.1 Å². The summed E-state index contributed by atoms with van der Waals surface area (Å²) in [6.07, 6.45) is 3.36. The molecular formula is C14H14Cl2N2O. The van der Waals surface area contributed by atoms with Crippen molar-refractivity contribution < 1.29 is 4.74 Å². The van der Waals surface area contributed by atoms with Crippen LogP contribution in [-0.2, 0) is 0 Å². The third-order valence-electron chi connectivity index (χ3n) is 2.70. The second-order valence-corrected chi connectivity index (χ2v) is 4.87. The third-order valence-corrected chi connectivity index (χ3v) is 3.26. The maximum atomic E-state index is 6.21. The van der Waals surface area contributed by atoms with Gasteiger partial charge in [0, 0.05) is 16.2 Å². The van der Waals surface area contributed by atoms with Gasteiger partial charge in [0.15, 0.2) is 0 Å². The minimum absolute atomic E-state index is 0.363. The van der Waals surface area contributed by atoms with Crippen LogP contribution in [0.1, 0.15) is 24.1 Å². The second kappa shape index (κ2) is 6.24. The van der Waals surface area contributed by atoms with Gasteiger partial charge in [0.05, 0.1) is 18.8 Å². The summed E-state index contributed by atoms with van der Waals surface area (Å²) in [6.45, 7) is 2.50. The van der Waals surface area contributed by atoms with Crippen molar-refractivity contribution in [2.24, 2.45) is 5.73 Å². The summed E-state index contributed by atoms with van der Waals surface area (Å²) in [6, 6.07) is 6.77. The molecule has 2 aromatic rings. The van der Waals surface area contributed by atoms with Crippen LogP contribution in [0.2, 0.25) is 10.0 Å². The highest BCUT2D eigenvalue weighted by Gasteiger charge is 2.14. The maximum Gasteiger partial charge on any atom is 0.137 e. The van der Waals surface area contributed by atoms with E-state index in [-0.39, 0.29) is 6.04 Å². The monoisotopic (exact) mass is 296 g/mol. The molecule has 0 aliphatic carbocycles. The first-order chi connectivity index (χ1) is 9.11. The van der Waals surface area contributed by atoms with E-state index in [1.165, 1.54) is 0 Å². The predicted molar refractivity (Wildman–Crippen MR) is 77.9 cm³/mol. The molecule has 0 radical (unpaired) electrons. The minimum atomic E-state index is -0.363. The Morgan fingerprint density at radius 2 is 2.05 bits per heavy atom. The van der Waals surface area contributed by atoms with Crippen LogP contribution in [0, 0.1) is 0 Å². The number of ether oxygens (including phenoxy) is 1. The van der Waals surface area contributed by atoms with E-state index in [1.54, 1.807) is 24.5 Å². The van der Waals surface area contributed by atoms with E-state index >= 15 is 0 Å². The van der Waals surface area contributed by atoms with Gasteiger partial charge >= 0.3 is 0 Å². The lowest BCUT2D eigenvalue weighted by Gasteiger charge is -2.15. The van der Waals surface area contributed by atoms with E-state index in [2.05, 4.69) is 4.98 Å². The van der Waals surface area contributed by atoms with E-state index in [9.17, 15) is 0 Å². The molecule has 19 heavy (non-hydrogen) atoms. The smallest absolute Gasteiger partial charge is 0.137 e. The first kappa shape index (κ1) is 14.1. The summed E-state index contributed by atoms with van der Waals surface area (Å²) in [5, 5.41) is 1.13. The Balaban J connectivity index is 2.32. The molecule has 100 valence electrons. The minimum Gasteiger partial charge on any atom is -0.492 e. The fourth-order valence-corrected chi connectivity index (χ4v) is 2.31. The van der Waals surface area contributed by atoms with E-state index in [1.807, 2.05) is 19.1 Å². The molecule has 5 heteroatoms. The van der Waals surface area contributed by atoms with E-state index in [4.69, 9.17) is 33.7 Å². The lowest BCUT2D eigenvalue weighted by Crippen LogP contribution is -2.13. The fraction of sp³-hybridized carbons (Fsp3) is 0.214. The molecule has 2 N–H and O–H groups in total. The normalized spacial score (nSPS) is 12.2. The Morgan fingerprint density at radius 3 is 2.74 bits per heavy atom. The Morgan fingerprint density at radius 1 is 1.26 bits per heavy atom. The van der Waals surface area contributed by atoms with Gasteiger partial charge in [0.25, 0.3) is 0 Å². The number of aromatic nitrogens is 1. The number of nitrogens with zero attached hydrogens (tertiary/aromatic N) is 1. The number of benzene rings is 1. The molecule has 0 aliphatic heterocycles. The molecule has 1 heterocycles. The molecule has 1 unspecified atom stereocenters. The number of hydrogen-bond donors (Lipinski definition) is 1. The summed E-state index contributed by atoms with van der Waals surface area (Å²) < 4.78 is 5.41. The number of halogens is 2. The summed E-state index contributed by atoms with van der Waals surface area (Å²) >= 11 is 12.0. The molecule has 1 aromatic carbocycles. The van der Waals surface area contributed by atoms with Gasteiger partial charge in [0.2, 0.25) is 0 Å². The zero-order valence-electron chi connectivity index (χ0n) is 10.4. The lowest BCUT2D eigenvalue weighted by molar-refractivity contribution is 0.338. The van der Waals surface area contributed by atoms with Crippen molar-refractivity contribution in [1.29, 1.82) is 0 Å². The van der Waals surface area contributed by atoms with Crippen molar-refractivity contribution in [3.63, 3.8) is 0 Å². The van der Waals surface area contributed by atoms with Crippen molar-refractivity contribution in [3.05, 3.63) is 57.8 Å². The summed E-state index contributed by atoms with van der Waals surface area (Å²) in [5.41, 5.74) is 7.86. The van der Waals surface area contributed by atoms with E-state index < -0.39 is 0 Å². The van der Waals surface area contributed by atoms with Crippen LogP contribution >= 0.6 is 23.2 Å². The summed E-state index contributed by atoms with van der Waals surface area (Å²) in [4.78, 5) is 4.12. The van der Waals surface area contributed by atoms with Gasteiger partial charge in [-0.15, -0.1) is 0 Å². The van der Waals surface area contributed by atoms with Gasteiger partial charge < -0.3 is 10.5 Å². The summed E-state index contributed by atoms with van der Waals surface area (Å²) in [5.74, 6) is 0.695. The molecule has 0 aliphatic rings. The van der Waals surface area contributed by atoms with Crippen LogP contribution in [0.5, 0.6) is 5.75 Å². The van der Waals surface area contributed by atoms with Crippen molar-refractivity contribution in [1.82, 2.24) is 4.98 Å². The largest absolute Gasteiger partial charge is 0.492 e. The molecule has 1 aromatic heterocycles. The van der Waals surface area contributed by atoms with E-state index in [0.717, 1.165) is 11.1 Å².